The number of hydrogen-bond donors (Lipinski definition) is 3. The third kappa shape index (κ3) is 3.75. The minimum Gasteiger partial charge on any atom is -0.454 e. The zero-order valence-corrected chi connectivity index (χ0v) is 18.2. The summed E-state index contributed by atoms with van der Waals surface area (Å²) in [4.78, 5) is 21.8. The summed E-state index contributed by atoms with van der Waals surface area (Å²) in [6, 6.07) is 11.2. The van der Waals surface area contributed by atoms with Crippen LogP contribution in [0.1, 0.15) is 21.7 Å². The first-order valence-corrected chi connectivity index (χ1v) is 11.0. The molecule has 164 valence electrons. The van der Waals surface area contributed by atoms with Crippen molar-refractivity contribution in [2.75, 3.05) is 17.6 Å². The van der Waals surface area contributed by atoms with Crippen LogP contribution in [-0.2, 0) is 6.54 Å². The van der Waals surface area contributed by atoms with Crippen molar-refractivity contribution in [1.29, 1.82) is 5.26 Å². The number of fused-ring (bicyclic) bond motifs is 2. The number of hydrogen-bond acceptors (Lipinski definition) is 8. The Morgan fingerprint density at radius 1 is 1.33 bits per heavy atom. The number of pyridine rings is 1. The maximum absolute atomic E-state index is 12.3. The van der Waals surface area contributed by atoms with Gasteiger partial charge < -0.3 is 25.8 Å². The van der Waals surface area contributed by atoms with Gasteiger partial charge in [-0.1, -0.05) is 12.1 Å². The molecule has 5 rings (SSSR count). The van der Waals surface area contributed by atoms with Crippen molar-refractivity contribution in [1.82, 2.24) is 14.5 Å². The average Bonchev–Trinajstić information content (AvgIpc) is 3.54. The molecule has 0 saturated carbocycles. The minimum atomic E-state index is -0.612. The Morgan fingerprint density at radius 2 is 2.21 bits per heavy atom. The molecule has 0 fully saturated rings. The molecule has 2 aliphatic rings. The van der Waals surface area contributed by atoms with Crippen molar-refractivity contribution in [3.8, 4) is 28.7 Å². The number of nitrogens with two attached hydrogens (primary N) is 2. The highest BCUT2D eigenvalue weighted by Crippen LogP contribution is 2.43. The summed E-state index contributed by atoms with van der Waals surface area (Å²) in [5, 5.41) is 13.6. The molecule has 0 bridgehead atoms. The van der Waals surface area contributed by atoms with Gasteiger partial charge in [0.2, 0.25) is 0 Å². The summed E-state index contributed by atoms with van der Waals surface area (Å²) in [6.45, 7) is 1.40. The number of imidazole rings is 1. The summed E-state index contributed by atoms with van der Waals surface area (Å²) in [5.74, 6) is 0.813. The smallest absolute Gasteiger partial charge is 0.259 e. The summed E-state index contributed by atoms with van der Waals surface area (Å²) in [5.41, 5.74) is 14.0. The topological polar surface area (TPSA) is 149 Å². The first kappa shape index (κ1) is 20.5. The molecule has 0 unspecified atom stereocenters. The van der Waals surface area contributed by atoms with Crippen molar-refractivity contribution < 1.29 is 9.21 Å². The number of anilines is 2. The number of primary amides is 1. The molecule has 1 aliphatic carbocycles. The molecule has 0 atom stereocenters. The molecule has 1 aliphatic heterocycles. The molecule has 0 aromatic carbocycles. The van der Waals surface area contributed by atoms with Crippen LogP contribution < -0.4 is 16.8 Å². The van der Waals surface area contributed by atoms with Crippen LogP contribution in [0.2, 0.25) is 0 Å². The fourth-order valence-corrected chi connectivity index (χ4v) is 4.76. The molecule has 0 spiro atoms. The zero-order valence-electron chi connectivity index (χ0n) is 17.4. The molecular weight excluding hydrogens is 438 g/mol. The number of carbonyl (C=O) groups is 1. The van der Waals surface area contributed by atoms with Crippen LogP contribution in [0.25, 0.3) is 32.9 Å². The van der Waals surface area contributed by atoms with Gasteiger partial charge in [-0.15, -0.1) is 11.3 Å². The number of amides is 1. The van der Waals surface area contributed by atoms with Crippen LogP contribution in [-0.4, -0.2) is 27.0 Å². The van der Waals surface area contributed by atoms with Crippen LogP contribution in [0, 0.1) is 11.3 Å². The minimum absolute atomic E-state index is 0.278. The molecule has 33 heavy (non-hydrogen) atoms. The molecule has 10 heteroatoms. The van der Waals surface area contributed by atoms with Gasteiger partial charge >= 0.3 is 0 Å². The van der Waals surface area contributed by atoms with E-state index in [0.29, 0.717) is 50.9 Å². The monoisotopic (exact) mass is 457 g/mol. The van der Waals surface area contributed by atoms with E-state index in [1.165, 1.54) is 0 Å². The highest BCUT2D eigenvalue weighted by molar-refractivity contribution is 7.21. The lowest BCUT2D eigenvalue weighted by Crippen LogP contribution is -2.10. The lowest BCUT2D eigenvalue weighted by Gasteiger charge is -2.10. The standard InChI is InChI=1S/C23H19N7O2S/c24-11-14-9-15-18(19-16(25)10-13-3-1-4-17(13)32-19)20(21(26)31)33-23(15)29-22(14)28-5-2-7-30-8-6-27-12-30/h1,3-4,6,8-10,12H,2,5,7,25H2,(H2,26,31)(H,28,29). The van der Waals surface area contributed by atoms with Gasteiger partial charge in [-0.05, 0) is 24.6 Å². The number of nitrogens with zero attached hydrogens (tertiary/aromatic N) is 4. The third-order valence-electron chi connectivity index (χ3n) is 5.29. The van der Waals surface area contributed by atoms with Crippen molar-refractivity contribution in [3.05, 3.63) is 59.5 Å². The van der Waals surface area contributed by atoms with Crippen molar-refractivity contribution in [3.63, 3.8) is 0 Å². The van der Waals surface area contributed by atoms with E-state index in [1.807, 2.05) is 29.0 Å². The Bertz CT molecular complexity index is 1480. The molecule has 4 heterocycles. The molecule has 1 amide bonds. The zero-order chi connectivity index (χ0) is 22.9. The predicted octanol–water partition coefficient (Wildman–Crippen LogP) is 3.91. The number of rotatable bonds is 7. The number of aryl methyl sites for hydroxylation is 1. The van der Waals surface area contributed by atoms with Crippen molar-refractivity contribution in [2.24, 2.45) is 5.73 Å². The summed E-state index contributed by atoms with van der Waals surface area (Å²) in [7, 11) is 0. The molecule has 0 saturated heterocycles. The second kappa shape index (κ2) is 8.29. The normalized spacial score (nSPS) is 11.1. The number of nitrogens with one attached hydrogen (secondary N) is 1. The van der Waals surface area contributed by atoms with Crippen molar-refractivity contribution >= 4 is 39.0 Å². The molecule has 0 radical (unpaired) electrons. The van der Waals surface area contributed by atoms with E-state index in [2.05, 4.69) is 21.4 Å². The van der Waals surface area contributed by atoms with Crippen LogP contribution in [0.4, 0.5) is 11.5 Å². The number of carbonyl (C=O) groups excluding carboxylic acids is 1. The number of nitriles is 1. The molecule has 5 N–H and O–H groups in total. The lowest BCUT2D eigenvalue weighted by molar-refractivity contribution is 0.100. The van der Waals surface area contributed by atoms with Gasteiger partial charge in [-0.3, -0.25) is 4.79 Å². The highest BCUT2D eigenvalue weighted by atomic mass is 32.1. The van der Waals surface area contributed by atoms with Crippen LogP contribution >= 0.6 is 11.3 Å². The van der Waals surface area contributed by atoms with E-state index in [9.17, 15) is 10.1 Å². The van der Waals surface area contributed by atoms with Gasteiger partial charge in [0, 0.05) is 36.4 Å². The number of aromatic nitrogens is 3. The highest BCUT2D eigenvalue weighted by Gasteiger charge is 2.25. The van der Waals surface area contributed by atoms with Crippen LogP contribution in [0.5, 0.6) is 0 Å². The van der Waals surface area contributed by atoms with Crippen LogP contribution in [0.15, 0.2) is 53.5 Å². The van der Waals surface area contributed by atoms with Gasteiger partial charge in [0.1, 0.15) is 27.4 Å². The van der Waals surface area contributed by atoms with E-state index in [-0.39, 0.29) is 4.88 Å². The van der Waals surface area contributed by atoms with Gasteiger partial charge in [0.15, 0.2) is 5.76 Å². The van der Waals surface area contributed by atoms with Crippen molar-refractivity contribution in [2.45, 2.75) is 13.0 Å². The Balaban J connectivity index is 1.55. The second-order valence-electron chi connectivity index (χ2n) is 7.48. The van der Waals surface area contributed by atoms with E-state index in [1.54, 1.807) is 24.7 Å². The van der Waals surface area contributed by atoms with Gasteiger partial charge in [-0.2, -0.15) is 5.26 Å². The average molecular weight is 458 g/mol. The first-order valence-electron chi connectivity index (χ1n) is 10.2. The summed E-state index contributed by atoms with van der Waals surface area (Å²) >= 11 is 1.15. The fraction of sp³-hybridized carbons (Fsp3) is 0.130. The first-order chi connectivity index (χ1) is 16.0. The Morgan fingerprint density at radius 3 is 2.97 bits per heavy atom. The quantitative estimate of drug-likeness (QED) is 0.314. The molecule has 3 aromatic rings. The second-order valence-corrected chi connectivity index (χ2v) is 8.48. The third-order valence-corrected chi connectivity index (χ3v) is 6.41. The lowest BCUT2D eigenvalue weighted by atomic mass is 10.0. The van der Waals surface area contributed by atoms with Crippen LogP contribution in [0.3, 0.4) is 0 Å². The Kier molecular flexibility index (Phi) is 5.16. The Hall–Kier alpha value is -4.36. The van der Waals surface area contributed by atoms with Gasteiger partial charge in [-0.25, -0.2) is 9.97 Å². The molecular formula is C23H19N7O2S. The van der Waals surface area contributed by atoms with E-state index >= 15 is 0 Å². The van der Waals surface area contributed by atoms with Gasteiger partial charge in [0.05, 0.1) is 23.1 Å². The van der Waals surface area contributed by atoms with Gasteiger partial charge in [0.25, 0.3) is 5.91 Å². The Labute approximate surface area is 192 Å². The number of nitrogen functional groups attached to an aromatic ring is 1. The summed E-state index contributed by atoms with van der Waals surface area (Å²) in [6.07, 6.45) is 6.20. The predicted molar refractivity (Wildman–Crippen MR) is 127 cm³/mol. The fourth-order valence-electron chi connectivity index (χ4n) is 3.76. The SMILES string of the molecule is N#Cc1cc2c(-c3oc4cccc-4cc3N)c(C(N)=O)sc2nc1NCCCn1ccnc1. The number of thiophene rings is 1. The van der Waals surface area contributed by atoms with E-state index in [0.717, 1.165) is 29.9 Å². The van der Waals surface area contributed by atoms with E-state index in [4.69, 9.17) is 15.9 Å². The van der Waals surface area contributed by atoms with E-state index < -0.39 is 5.91 Å². The molecule has 9 nitrogen and oxygen atoms in total. The molecule has 3 aromatic heterocycles. The largest absolute Gasteiger partial charge is 0.454 e. The maximum atomic E-state index is 12.3. The summed E-state index contributed by atoms with van der Waals surface area (Å²) < 4.78 is 8.01. The maximum Gasteiger partial charge on any atom is 0.259 e.